The van der Waals surface area contributed by atoms with Crippen LogP contribution in [0.3, 0.4) is 0 Å². The topological polar surface area (TPSA) is 84.7 Å². The molecule has 2 N–H and O–H groups in total. The first-order valence-corrected chi connectivity index (χ1v) is 9.93. The van der Waals surface area contributed by atoms with Crippen LogP contribution in [0.1, 0.15) is 36.9 Å². The molecular formula is C23H23FN4O2. The van der Waals surface area contributed by atoms with Crippen molar-refractivity contribution in [2.24, 2.45) is 10.7 Å². The van der Waals surface area contributed by atoms with Crippen LogP contribution in [0.4, 0.5) is 10.3 Å². The number of nitrogens with zero attached hydrogens (tertiary/aromatic N) is 3. The van der Waals surface area contributed by atoms with E-state index in [-0.39, 0.29) is 17.5 Å². The summed E-state index contributed by atoms with van der Waals surface area (Å²) in [7, 11) is 0. The van der Waals surface area contributed by atoms with Gasteiger partial charge >= 0.3 is 0 Å². The van der Waals surface area contributed by atoms with Crippen LogP contribution in [0.2, 0.25) is 0 Å². The van der Waals surface area contributed by atoms with Crippen molar-refractivity contribution in [3.05, 3.63) is 71.7 Å². The number of nitrogens with two attached hydrogens (primary N) is 1. The van der Waals surface area contributed by atoms with E-state index in [1.54, 1.807) is 18.2 Å². The number of Topliss-reactive ketones (excluding diaryl/α,β-unsaturated/α-hetero) is 1. The molecule has 1 saturated heterocycles. The highest BCUT2D eigenvalue weighted by Crippen LogP contribution is 2.29. The second-order valence-corrected chi connectivity index (χ2v) is 7.41. The molecule has 30 heavy (non-hydrogen) atoms. The Hall–Kier alpha value is -3.48. The number of benzene rings is 2. The van der Waals surface area contributed by atoms with Gasteiger partial charge < -0.3 is 15.2 Å². The quantitative estimate of drug-likeness (QED) is 0.517. The largest absolute Gasteiger partial charge is 0.369 e. The van der Waals surface area contributed by atoms with E-state index in [2.05, 4.69) is 10.1 Å². The number of aliphatic imine (C=N–C) groups is 1. The summed E-state index contributed by atoms with van der Waals surface area (Å²) in [6, 6.07) is 16.2. The van der Waals surface area contributed by atoms with Crippen molar-refractivity contribution in [3.63, 3.8) is 0 Å². The molecule has 3 aromatic rings. The average molecular weight is 406 g/mol. The summed E-state index contributed by atoms with van der Waals surface area (Å²) < 4.78 is 19.3. The standard InChI is InChI=1S/C23H23FN4O2/c1-15(16-6-8-17(9-7-16)19-4-2-3-5-20(19)24)21-14-22(30-27-21)26-23(25)28-12-10-18(29)11-13-28/h2-9,14-15H,10-13H2,1H3,(H2,25,26). The van der Waals surface area contributed by atoms with E-state index in [0.717, 1.165) is 16.8 Å². The van der Waals surface area contributed by atoms with E-state index in [1.807, 2.05) is 42.2 Å². The molecule has 0 aliphatic carbocycles. The lowest BCUT2D eigenvalue weighted by molar-refractivity contribution is -0.120. The molecule has 1 aliphatic heterocycles. The fourth-order valence-corrected chi connectivity index (χ4v) is 3.52. The van der Waals surface area contributed by atoms with E-state index >= 15 is 0 Å². The predicted octanol–water partition coefficient (Wildman–Crippen LogP) is 4.24. The fraction of sp³-hybridized carbons (Fsp3) is 0.261. The molecule has 1 aromatic heterocycles. The van der Waals surface area contributed by atoms with Crippen molar-refractivity contribution in [2.45, 2.75) is 25.7 Å². The Balaban J connectivity index is 1.47. The Bertz CT molecular complexity index is 1060. The predicted molar refractivity (Wildman–Crippen MR) is 113 cm³/mol. The van der Waals surface area contributed by atoms with Gasteiger partial charge in [-0.2, -0.15) is 4.99 Å². The molecule has 4 rings (SSSR count). The maximum absolute atomic E-state index is 14.0. The number of guanidine groups is 1. The van der Waals surface area contributed by atoms with E-state index in [0.29, 0.717) is 43.3 Å². The number of aromatic nitrogens is 1. The number of hydrogen-bond acceptors (Lipinski definition) is 4. The van der Waals surface area contributed by atoms with Crippen molar-refractivity contribution in [3.8, 4) is 11.1 Å². The van der Waals surface area contributed by atoms with Crippen molar-refractivity contribution >= 4 is 17.6 Å². The number of rotatable bonds is 4. The number of carbonyl (C=O) groups is 1. The molecule has 0 spiro atoms. The third kappa shape index (κ3) is 4.25. The smallest absolute Gasteiger partial charge is 0.253 e. The maximum atomic E-state index is 14.0. The summed E-state index contributed by atoms with van der Waals surface area (Å²) in [5.41, 5.74) is 9.21. The summed E-state index contributed by atoms with van der Waals surface area (Å²) in [6.45, 7) is 3.16. The highest BCUT2D eigenvalue weighted by atomic mass is 19.1. The maximum Gasteiger partial charge on any atom is 0.253 e. The monoisotopic (exact) mass is 406 g/mol. The summed E-state index contributed by atoms with van der Waals surface area (Å²) >= 11 is 0. The fourth-order valence-electron chi connectivity index (χ4n) is 3.52. The third-order valence-corrected chi connectivity index (χ3v) is 5.42. The number of carbonyl (C=O) groups excluding carboxylic acids is 1. The van der Waals surface area contributed by atoms with Crippen LogP contribution >= 0.6 is 0 Å². The molecule has 1 fully saturated rings. The van der Waals surface area contributed by atoms with E-state index in [1.165, 1.54) is 6.07 Å². The van der Waals surface area contributed by atoms with Crippen molar-refractivity contribution in [2.75, 3.05) is 13.1 Å². The zero-order chi connectivity index (χ0) is 21.1. The average Bonchev–Trinajstić information content (AvgIpc) is 3.22. The third-order valence-electron chi connectivity index (χ3n) is 5.42. The SMILES string of the molecule is CC(c1ccc(-c2ccccc2F)cc1)c1cc(/N=C(/N)N2CCC(=O)CC2)on1. The molecule has 154 valence electrons. The molecule has 2 aromatic carbocycles. The summed E-state index contributed by atoms with van der Waals surface area (Å²) in [4.78, 5) is 17.5. The first-order valence-electron chi connectivity index (χ1n) is 9.93. The molecule has 6 nitrogen and oxygen atoms in total. The van der Waals surface area contributed by atoms with Gasteiger partial charge in [-0.15, -0.1) is 0 Å². The lowest BCUT2D eigenvalue weighted by Crippen LogP contribution is -2.42. The second-order valence-electron chi connectivity index (χ2n) is 7.41. The Kier molecular flexibility index (Phi) is 5.61. The highest BCUT2D eigenvalue weighted by molar-refractivity contribution is 5.85. The molecule has 0 amide bonds. The van der Waals surface area contributed by atoms with Crippen molar-refractivity contribution < 1.29 is 13.7 Å². The molecule has 1 aliphatic rings. The minimum absolute atomic E-state index is 0.0267. The van der Waals surface area contributed by atoms with E-state index in [9.17, 15) is 9.18 Å². The zero-order valence-electron chi connectivity index (χ0n) is 16.7. The van der Waals surface area contributed by atoms with Crippen molar-refractivity contribution in [1.29, 1.82) is 0 Å². The van der Waals surface area contributed by atoms with Crippen LogP contribution in [-0.4, -0.2) is 34.9 Å². The lowest BCUT2D eigenvalue weighted by atomic mass is 9.95. The van der Waals surface area contributed by atoms with Crippen LogP contribution in [-0.2, 0) is 4.79 Å². The Morgan fingerprint density at radius 2 is 1.87 bits per heavy atom. The normalized spacial score (nSPS) is 16.0. The van der Waals surface area contributed by atoms with Crippen molar-refractivity contribution in [1.82, 2.24) is 10.1 Å². The number of ketones is 1. The van der Waals surface area contributed by atoms with Gasteiger partial charge in [-0.05, 0) is 17.2 Å². The summed E-state index contributed by atoms with van der Waals surface area (Å²) in [5, 5.41) is 4.13. The van der Waals surface area contributed by atoms with Gasteiger partial charge in [-0.1, -0.05) is 54.5 Å². The molecule has 0 saturated carbocycles. The van der Waals surface area contributed by atoms with Crippen LogP contribution in [0.25, 0.3) is 11.1 Å². The highest BCUT2D eigenvalue weighted by Gasteiger charge is 2.19. The molecule has 1 atom stereocenters. The Morgan fingerprint density at radius 1 is 1.17 bits per heavy atom. The molecule has 0 radical (unpaired) electrons. The number of hydrogen-bond donors (Lipinski definition) is 1. The molecule has 2 heterocycles. The molecular weight excluding hydrogens is 383 g/mol. The van der Waals surface area contributed by atoms with Gasteiger partial charge in [0.2, 0.25) is 0 Å². The van der Waals surface area contributed by atoms with Gasteiger partial charge in [0, 0.05) is 43.5 Å². The van der Waals surface area contributed by atoms with Gasteiger partial charge in [0.25, 0.3) is 5.88 Å². The van der Waals surface area contributed by atoms with Gasteiger partial charge in [0.05, 0.1) is 5.69 Å². The van der Waals surface area contributed by atoms with Gasteiger partial charge in [0.15, 0.2) is 5.96 Å². The Labute approximate surface area is 174 Å². The Morgan fingerprint density at radius 3 is 2.57 bits per heavy atom. The minimum Gasteiger partial charge on any atom is -0.369 e. The molecule has 1 unspecified atom stereocenters. The molecule has 7 heteroatoms. The van der Waals surface area contributed by atoms with Gasteiger partial charge in [-0.25, -0.2) is 4.39 Å². The number of piperidine rings is 1. The van der Waals surface area contributed by atoms with Gasteiger partial charge in [-0.3, -0.25) is 4.79 Å². The number of halogens is 1. The van der Waals surface area contributed by atoms with E-state index in [4.69, 9.17) is 10.3 Å². The number of likely N-dealkylation sites (tertiary alicyclic amines) is 1. The van der Waals surface area contributed by atoms with Crippen LogP contribution in [0.5, 0.6) is 0 Å². The van der Waals surface area contributed by atoms with E-state index < -0.39 is 0 Å². The summed E-state index contributed by atoms with van der Waals surface area (Å²) in [5.74, 6) is 0.631. The zero-order valence-corrected chi connectivity index (χ0v) is 16.7. The second kappa shape index (κ2) is 8.49. The van der Waals surface area contributed by atoms with Crippen LogP contribution in [0.15, 0.2) is 64.1 Å². The van der Waals surface area contributed by atoms with Crippen LogP contribution < -0.4 is 5.73 Å². The first-order chi connectivity index (χ1) is 14.5. The summed E-state index contributed by atoms with van der Waals surface area (Å²) in [6.07, 6.45) is 0.968. The van der Waals surface area contributed by atoms with Gasteiger partial charge in [0.1, 0.15) is 11.6 Å². The lowest BCUT2D eigenvalue weighted by Gasteiger charge is -2.26. The first kappa shape index (κ1) is 19.8. The minimum atomic E-state index is -0.243. The van der Waals surface area contributed by atoms with Crippen LogP contribution in [0, 0.1) is 5.82 Å². The molecule has 0 bridgehead atoms.